The molecule has 1 spiro atoms. The molecule has 4 aliphatic carbocycles. The van der Waals surface area contributed by atoms with Crippen LogP contribution < -0.4 is 0 Å². The molecule has 0 bridgehead atoms. The molecule has 5 fully saturated rings. The van der Waals surface area contributed by atoms with Crippen LogP contribution in [-0.4, -0.2) is 41.9 Å². The smallest absolute Gasteiger partial charge is 0.168 e. The summed E-state index contributed by atoms with van der Waals surface area (Å²) in [7, 11) is 0. The number of aliphatic hydroxyl groups excluding tert-OH is 2. The zero-order chi connectivity index (χ0) is 19.7. The number of hydrogen-bond acceptors (Lipinski definition) is 4. The van der Waals surface area contributed by atoms with Gasteiger partial charge in [-0.15, -0.1) is 0 Å². The second-order valence-corrected chi connectivity index (χ2v) is 11.5. The van der Waals surface area contributed by atoms with Crippen LogP contribution in [0.3, 0.4) is 0 Å². The van der Waals surface area contributed by atoms with E-state index >= 15 is 0 Å². The molecule has 0 radical (unpaired) electrons. The summed E-state index contributed by atoms with van der Waals surface area (Å²) in [5, 5.41) is 21.2. The Labute approximate surface area is 170 Å². The van der Waals surface area contributed by atoms with Gasteiger partial charge < -0.3 is 19.7 Å². The fourth-order valence-corrected chi connectivity index (χ4v) is 9.03. The van der Waals surface area contributed by atoms with Crippen LogP contribution in [0.5, 0.6) is 0 Å². The van der Waals surface area contributed by atoms with Gasteiger partial charge in [0.2, 0.25) is 0 Å². The van der Waals surface area contributed by atoms with Gasteiger partial charge >= 0.3 is 0 Å². The Morgan fingerprint density at radius 3 is 2.39 bits per heavy atom. The molecule has 0 amide bonds. The molecule has 0 unspecified atom stereocenters. The molecule has 0 aromatic rings. The second-order valence-electron chi connectivity index (χ2n) is 11.5. The highest BCUT2D eigenvalue weighted by atomic mass is 16.7. The maximum Gasteiger partial charge on any atom is 0.168 e. The minimum absolute atomic E-state index is 0.188. The van der Waals surface area contributed by atoms with Crippen LogP contribution in [-0.2, 0) is 9.47 Å². The molecule has 0 aromatic carbocycles. The van der Waals surface area contributed by atoms with Gasteiger partial charge in [0, 0.05) is 19.4 Å². The average molecular weight is 393 g/mol. The molecule has 5 aliphatic rings. The Morgan fingerprint density at radius 2 is 1.68 bits per heavy atom. The number of rotatable bonds is 2. The minimum Gasteiger partial charge on any atom is -0.396 e. The highest BCUT2D eigenvalue weighted by Gasteiger charge is 2.64. The predicted octanol–water partition coefficient (Wildman–Crippen LogP) is 3.99. The highest BCUT2D eigenvalue weighted by molar-refractivity contribution is 5.12. The second kappa shape index (κ2) is 6.67. The van der Waals surface area contributed by atoms with E-state index in [1.54, 1.807) is 0 Å². The lowest BCUT2D eigenvalue weighted by Gasteiger charge is -2.63. The Hall–Kier alpha value is -0.160. The van der Waals surface area contributed by atoms with Crippen LogP contribution in [0.15, 0.2) is 0 Å². The lowest BCUT2D eigenvalue weighted by molar-refractivity contribution is -0.243. The third-order valence-corrected chi connectivity index (χ3v) is 10.5. The Balaban J connectivity index is 1.42. The molecule has 5 rings (SSSR count). The van der Waals surface area contributed by atoms with E-state index in [1.807, 2.05) is 0 Å². The van der Waals surface area contributed by atoms with E-state index in [1.165, 1.54) is 32.1 Å². The quantitative estimate of drug-likeness (QED) is 0.746. The maximum absolute atomic E-state index is 11.4. The summed E-state index contributed by atoms with van der Waals surface area (Å²) in [6, 6.07) is 0. The first-order valence-corrected chi connectivity index (χ1v) is 11.9. The molecule has 4 heteroatoms. The molecular weight excluding hydrogens is 352 g/mol. The van der Waals surface area contributed by atoms with E-state index in [9.17, 15) is 10.2 Å². The molecule has 9 atom stereocenters. The number of fused-ring (bicyclic) bond motifs is 5. The molecule has 2 N–H and O–H groups in total. The fraction of sp³-hybridized carbons (Fsp3) is 1.00. The Bertz CT molecular complexity index is 601. The van der Waals surface area contributed by atoms with Gasteiger partial charge in [-0.1, -0.05) is 20.8 Å². The van der Waals surface area contributed by atoms with Gasteiger partial charge in [-0.05, 0) is 84.9 Å². The number of ether oxygens (including phenoxy) is 2. The largest absolute Gasteiger partial charge is 0.396 e. The zero-order valence-electron chi connectivity index (χ0n) is 18.0. The molecule has 1 aliphatic heterocycles. The van der Waals surface area contributed by atoms with Crippen molar-refractivity contribution in [2.75, 3.05) is 19.8 Å². The van der Waals surface area contributed by atoms with E-state index in [4.69, 9.17) is 9.47 Å². The Morgan fingerprint density at radius 1 is 0.964 bits per heavy atom. The van der Waals surface area contributed by atoms with Crippen molar-refractivity contribution in [3.8, 4) is 0 Å². The third-order valence-electron chi connectivity index (χ3n) is 10.5. The van der Waals surface area contributed by atoms with Crippen molar-refractivity contribution in [2.24, 2.45) is 46.3 Å². The predicted molar refractivity (Wildman–Crippen MR) is 107 cm³/mol. The van der Waals surface area contributed by atoms with E-state index in [2.05, 4.69) is 20.8 Å². The van der Waals surface area contributed by atoms with Crippen molar-refractivity contribution < 1.29 is 19.7 Å². The van der Waals surface area contributed by atoms with Gasteiger partial charge in [0.1, 0.15) is 0 Å². The van der Waals surface area contributed by atoms with Gasteiger partial charge in [-0.3, -0.25) is 0 Å². The number of hydrogen-bond donors (Lipinski definition) is 2. The van der Waals surface area contributed by atoms with Crippen molar-refractivity contribution in [1.82, 2.24) is 0 Å². The molecule has 4 nitrogen and oxygen atoms in total. The van der Waals surface area contributed by atoms with Crippen LogP contribution in [0, 0.1) is 46.3 Å². The summed E-state index contributed by atoms with van der Waals surface area (Å²) < 4.78 is 12.1. The average Bonchev–Trinajstić information content (AvgIpc) is 3.27. The standard InChI is InChI=1S/C24H40O4/c1-15(14-25)17-4-5-18-21-19(6-7-23(17,18)3)22(2)8-9-24(27-10-11-28-24)13-16(22)12-20(21)26/h15-21,25-26H,4-14H2,1-3H3/t15-,16+,17-,18+,19+,20-,21+,22+,23-/m1/s1. The highest BCUT2D eigenvalue weighted by Crippen LogP contribution is 2.69. The normalized spacial score (nSPS) is 53.5. The van der Waals surface area contributed by atoms with Crippen LogP contribution in [0.2, 0.25) is 0 Å². The van der Waals surface area contributed by atoms with Gasteiger partial charge in [0.15, 0.2) is 5.79 Å². The molecule has 1 heterocycles. The van der Waals surface area contributed by atoms with Crippen LogP contribution in [0.1, 0.15) is 72.1 Å². The maximum atomic E-state index is 11.4. The third kappa shape index (κ3) is 2.63. The first-order chi connectivity index (χ1) is 13.3. The molecule has 160 valence electrons. The van der Waals surface area contributed by atoms with Crippen LogP contribution in [0.4, 0.5) is 0 Å². The first-order valence-electron chi connectivity index (χ1n) is 11.9. The van der Waals surface area contributed by atoms with E-state index in [-0.39, 0.29) is 11.9 Å². The SMILES string of the molecule is C[C@H](CO)[C@H]1CC[C@H]2[C@@H]3[C@H](O)C[C@H]4CC5(CC[C@]4(C)[C@H]3CC[C@]12C)OCCO5. The zero-order valence-corrected chi connectivity index (χ0v) is 18.0. The summed E-state index contributed by atoms with van der Waals surface area (Å²) in [5.74, 6) is 2.82. The first kappa shape index (κ1) is 19.8. The summed E-state index contributed by atoms with van der Waals surface area (Å²) in [6.07, 6.45) is 8.86. The molecule has 4 saturated carbocycles. The van der Waals surface area contributed by atoms with Crippen molar-refractivity contribution in [2.45, 2.75) is 84.0 Å². The molecule has 1 saturated heterocycles. The van der Waals surface area contributed by atoms with E-state index in [0.717, 1.165) is 32.5 Å². The van der Waals surface area contributed by atoms with E-state index < -0.39 is 0 Å². The summed E-state index contributed by atoms with van der Waals surface area (Å²) in [5.41, 5.74) is 0.605. The van der Waals surface area contributed by atoms with Crippen LogP contribution >= 0.6 is 0 Å². The lowest BCUT2D eigenvalue weighted by atomic mass is 9.43. The van der Waals surface area contributed by atoms with Crippen molar-refractivity contribution in [3.63, 3.8) is 0 Å². The van der Waals surface area contributed by atoms with Gasteiger partial charge in [0.25, 0.3) is 0 Å². The monoisotopic (exact) mass is 392 g/mol. The van der Waals surface area contributed by atoms with Crippen molar-refractivity contribution in [1.29, 1.82) is 0 Å². The summed E-state index contributed by atoms with van der Waals surface area (Å²) in [6.45, 7) is 8.97. The molecule has 28 heavy (non-hydrogen) atoms. The minimum atomic E-state index is -0.352. The lowest BCUT2D eigenvalue weighted by Crippen LogP contribution is -2.60. The molecular formula is C24H40O4. The molecule has 0 aromatic heterocycles. The summed E-state index contributed by atoms with van der Waals surface area (Å²) in [4.78, 5) is 0. The van der Waals surface area contributed by atoms with Gasteiger partial charge in [0.05, 0.1) is 19.3 Å². The summed E-state index contributed by atoms with van der Waals surface area (Å²) >= 11 is 0. The van der Waals surface area contributed by atoms with E-state index in [0.29, 0.717) is 52.9 Å². The van der Waals surface area contributed by atoms with Crippen molar-refractivity contribution in [3.05, 3.63) is 0 Å². The topological polar surface area (TPSA) is 58.9 Å². The van der Waals surface area contributed by atoms with Crippen molar-refractivity contribution >= 4 is 0 Å². The Kier molecular flexibility index (Phi) is 4.71. The van der Waals surface area contributed by atoms with Crippen LogP contribution in [0.25, 0.3) is 0 Å². The van der Waals surface area contributed by atoms with Gasteiger partial charge in [-0.2, -0.15) is 0 Å². The van der Waals surface area contributed by atoms with Gasteiger partial charge in [-0.25, -0.2) is 0 Å². The fourth-order valence-electron chi connectivity index (χ4n) is 9.03. The number of aliphatic hydroxyl groups is 2.